The van der Waals surface area contributed by atoms with E-state index in [1.807, 2.05) is 0 Å². The quantitative estimate of drug-likeness (QED) is 0.911. The van der Waals surface area contributed by atoms with Gasteiger partial charge in [-0.15, -0.1) is 11.3 Å². The third-order valence-corrected chi connectivity index (χ3v) is 3.78. The van der Waals surface area contributed by atoms with Crippen LogP contribution in [0.2, 0.25) is 5.02 Å². The molecule has 2 rings (SSSR count). The molecule has 0 spiro atoms. The summed E-state index contributed by atoms with van der Waals surface area (Å²) in [6.45, 7) is 0. The van der Waals surface area contributed by atoms with Crippen LogP contribution in [0.3, 0.4) is 0 Å². The molecule has 1 amide bonds. The van der Waals surface area contributed by atoms with Gasteiger partial charge >= 0.3 is 5.97 Å². The van der Waals surface area contributed by atoms with Gasteiger partial charge in [0, 0.05) is 4.88 Å². The zero-order valence-corrected chi connectivity index (χ0v) is 11.5. The Morgan fingerprint density at radius 1 is 1.35 bits per heavy atom. The Morgan fingerprint density at radius 2 is 2.10 bits per heavy atom. The predicted octanol–water partition coefficient (Wildman–Crippen LogP) is 3.10. The van der Waals surface area contributed by atoms with Crippen LogP contribution in [0, 0.1) is 5.82 Å². The van der Waals surface area contributed by atoms with Crippen LogP contribution in [-0.4, -0.2) is 17.0 Å². The summed E-state index contributed by atoms with van der Waals surface area (Å²) in [5.74, 6) is -2.42. The molecule has 0 fully saturated rings. The zero-order chi connectivity index (χ0) is 14.7. The summed E-state index contributed by atoms with van der Waals surface area (Å²) in [5.41, 5.74) is 0.0240. The number of nitrogens with one attached hydrogen (secondary N) is 1. The summed E-state index contributed by atoms with van der Waals surface area (Å²) in [6.07, 6.45) is 0. The molecule has 0 bridgehead atoms. The Kier molecular flexibility index (Phi) is 4.36. The van der Waals surface area contributed by atoms with Crippen molar-refractivity contribution in [3.05, 3.63) is 57.0 Å². The molecular weight excluding hydrogens is 305 g/mol. The number of hydrogen-bond acceptors (Lipinski definition) is 3. The minimum absolute atomic E-state index is 0.0240. The molecule has 1 aromatic heterocycles. The third-order valence-electron chi connectivity index (χ3n) is 2.53. The molecule has 1 aromatic carbocycles. The molecule has 0 saturated carbocycles. The summed E-state index contributed by atoms with van der Waals surface area (Å²) in [7, 11) is 0. The van der Waals surface area contributed by atoms with Crippen LogP contribution >= 0.6 is 22.9 Å². The summed E-state index contributed by atoms with van der Waals surface area (Å²) >= 11 is 6.98. The Morgan fingerprint density at radius 3 is 2.65 bits per heavy atom. The average molecular weight is 314 g/mol. The lowest BCUT2D eigenvalue weighted by Crippen LogP contribution is -2.33. The first-order valence-corrected chi connectivity index (χ1v) is 6.77. The van der Waals surface area contributed by atoms with Crippen LogP contribution in [0.15, 0.2) is 35.7 Å². The van der Waals surface area contributed by atoms with Gasteiger partial charge in [-0.1, -0.05) is 17.7 Å². The second-order valence-electron chi connectivity index (χ2n) is 3.88. The van der Waals surface area contributed by atoms with Gasteiger partial charge in [0.05, 0.1) is 10.6 Å². The Balaban J connectivity index is 2.23. The summed E-state index contributed by atoms with van der Waals surface area (Å²) in [5, 5.41) is 13.2. The van der Waals surface area contributed by atoms with Crippen LogP contribution in [0.25, 0.3) is 0 Å². The van der Waals surface area contributed by atoms with E-state index in [4.69, 9.17) is 16.7 Å². The van der Waals surface area contributed by atoms with Crippen molar-refractivity contribution in [2.45, 2.75) is 6.04 Å². The van der Waals surface area contributed by atoms with Crippen molar-refractivity contribution in [2.75, 3.05) is 0 Å². The first-order valence-electron chi connectivity index (χ1n) is 5.51. The van der Waals surface area contributed by atoms with Crippen molar-refractivity contribution >= 4 is 34.8 Å². The van der Waals surface area contributed by atoms with Gasteiger partial charge in [0.15, 0.2) is 6.04 Å². The molecule has 2 aromatic rings. The van der Waals surface area contributed by atoms with Crippen LogP contribution < -0.4 is 5.32 Å². The van der Waals surface area contributed by atoms with E-state index >= 15 is 0 Å². The van der Waals surface area contributed by atoms with E-state index in [9.17, 15) is 14.0 Å². The van der Waals surface area contributed by atoms with Gasteiger partial charge in [0.2, 0.25) is 0 Å². The number of carbonyl (C=O) groups excluding carboxylic acids is 1. The highest BCUT2D eigenvalue weighted by atomic mass is 35.5. The fourth-order valence-electron chi connectivity index (χ4n) is 1.59. The molecule has 7 heteroatoms. The summed E-state index contributed by atoms with van der Waals surface area (Å²) < 4.78 is 12.9. The van der Waals surface area contributed by atoms with Crippen molar-refractivity contribution in [1.82, 2.24) is 5.32 Å². The standard InChI is InChI=1S/C13H9ClFNO3S/c14-9-6-7(15)3-4-8(9)12(17)16-11(13(18)19)10-2-1-5-20-10/h1-6,11H,(H,16,17)(H,18,19). The zero-order valence-electron chi connectivity index (χ0n) is 9.97. The molecule has 0 aliphatic carbocycles. The molecule has 1 heterocycles. The monoisotopic (exact) mass is 313 g/mol. The molecule has 0 saturated heterocycles. The number of carboxylic acid groups (broad SMARTS) is 1. The number of halogens is 2. The normalized spacial score (nSPS) is 11.9. The Hall–Kier alpha value is -1.92. The van der Waals surface area contributed by atoms with Gasteiger partial charge < -0.3 is 10.4 Å². The smallest absolute Gasteiger partial charge is 0.331 e. The van der Waals surface area contributed by atoms with Crippen LogP contribution in [-0.2, 0) is 4.79 Å². The predicted molar refractivity (Wildman–Crippen MR) is 73.6 cm³/mol. The first-order chi connectivity index (χ1) is 9.49. The Labute approximate surface area is 122 Å². The van der Waals surface area contributed by atoms with Crippen molar-refractivity contribution in [1.29, 1.82) is 0 Å². The van der Waals surface area contributed by atoms with E-state index < -0.39 is 23.7 Å². The minimum Gasteiger partial charge on any atom is -0.479 e. The van der Waals surface area contributed by atoms with Gasteiger partial charge in [-0.05, 0) is 29.6 Å². The Bertz CT molecular complexity index is 645. The second-order valence-corrected chi connectivity index (χ2v) is 5.27. The molecule has 2 N–H and O–H groups in total. The molecule has 0 aliphatic heterocycles. The first kappa shape index (κ1) is 14.5. The number of rotatable bonds is 4. The highest BCUT2D eigenvalue weighted by Crippen LogP contribution is 2.22. The van der Waals surface area contributed by atoms with Gasteiger partial charge in [-0.3, -0.25) is 4.79 Å². The number of thiophene rings is 1. The van der Waals surface area contributed by atoms with Crippen LogP contribution in [0.1, 0.15) is 21.3 Å². The fourth-order valence-corrected chi connectivity index (χ4v) is 2.61. The van der Waals surface area contributed by atoms with E-state index in [0.717, 1.165) is 12.1 Å². The number of aliphatic carboxylic acids is 1. The van der Waals surface area contributed by atoms with Crippen LogP contribution in [0.4, 0.5) is 4.39 Å². The van der Waals surface area contributed by atoms with Gasteiger partial charge in [-0.2, -0.15) is 0 Å². The van der Waals surface area contributed by atoms with Crippen LogP contribution in [0.5, 0.6) is 0 Å². The van der Waals surface area contributed by atoms with Crippen molar-refractivity contribution in [3.63, 3.8) is 0 Å². The number of amides is 1. The van der Waals surface area contributed by atoms with Crippen molar-refractivity contribution in [2.24, 2.45) is 0 Å². The highest BCUT2D eigenvalue weighted by molar-refractivity contribution is 7.10. The molecular formula is C13H9ClFNO3S. The average Bonchev–Trinajstić information content (AvgIpc) is 2.88. The molecule has 1 unspecified atom stereocenters. The lowest BCUT2D eigenvalue weighted by Gasteiger charge is -2.13. The van der Waals surface area contributed by atoms with E-state index in [-0.39, 0.29) is 10.6 Å². The van der Waals surface area contributed by atoms with E-state index in [1.165, 1.54) is 17.4 Å². The molecule has 0 aliphatic rings. The van der Waals surface area contributed by atoms with Gasteiger partial charge in [0.1, 0.15) is 5.82 Å². The number of benzene rings is 1. The largest absolute Gasteiger partial charge is 0.479 e. The summed E-state index contributed by atoms with van der Waals surface area (Å²) in [4.78, 5) is 23.7. The summed E-state index contributed by atoms with van der Waals surface area (Å²) in [6, 6.07) is 5.42. The lowest BCUT2D eigenvalue weighted by molar-refractivity contribution is -0.139. The molecule has 20 heavy (non-hydrogen) atoms. The molecule has 104 valence electrons. The highest BCUT2D eigenvalue weighted by Gasteiger charge is 2.24. The molecule has 0 radical (unpaired) electrons. The molecule has 1 atom stereocenters. The van der Waals surface area contributed by atoms with Gasteiger partial charge in [0.25, 0.3) is 5.91 Å². The number of carbonyl (C=O) groups is 2. The lowest BCUT2D eigenvalue weighted by atomic mass is 10.1. The maximum absolute atomic E-state index is 12.9. The maximum Gasteiger partial charge on any atom is 0.331 e. The SMILES string of the molecule is O=C(NC(C(=O)O)c1cccs1)c1ccc(F)cc1Cl. The van der Waals surface area contributed by atoms with E-state index in [0.29, 0.717) is 4.88 Å². The number of hydrogen-bond donors (Lipinski definition) is 2. The van der Waals surface area contributed by atoms with Crippen molar-refractivity contribution < 1.29 is 19.1 Å². The third kappa shape index (κ3) is 3.15. The second kappa shape index (κ2) is 6.02. The fraction of sp³-hybridized carbons (Fsp3) is 0.0769. The maximum atomic E-state index is 12.9. The van der Waals surface area contributed by atoms with Crippen molar-refractivity contribution in [3.8, 4) is 0 Å². The topological polar surface area (TPSA) is 66.4 Å². The minimum atomic E-state index is -1.18. The molecule has 4 nitrogen and oxygen atoms in total. The van der Waals surface area contributed by atoms with E-state index in [1.54, 1.807) is 17.5 Å². The van der Waals surface area contributed by atoms with E-state index in [2.05, 4.69) is 5.32 Å². The van der Waals surface area contributed by atoms with Gasteiger partial charge in [-0.25, -0.2) is 9.18 Å². The number of carboxylic acids is 1.